The predicted octanol–water partition coefficient (Wildman–Crippen LogP) is 2.91. The summed E-state index contributed by atoms with van der Waals surface area (Å²) < 4.78 is 5.02. The molecule has 1 aliphatic carbocycles. The van der Waals surface area contributed by atoms with Gasteiger partial charge in [-0.2, -0.15) is 0 Å². The number of rotatable bonds is 5. The average Bonchev–Trinajstić information content (AvgIpc) is 2.56. The summed E-state index contributed by atoms with van der Waals surface area (Å²) in [7, 11) is 1.66. The topological polar surface area (TPSA) is 55.4 Å². The van der Waals surface area contributed by atoms with E-state index >= 15 is 0 Å². The van der Waals surface area contributed by atoms with Crippen LogP contribution < -0.4 is 5.32 Å². The SMILES string of the molecule is COCCCNc1cccc2c1C(=O)c1ccccc1C2=O. The average molecular weight is 295 g/mol. The van der Waals surface area contributed by atoms with Crippen molar-refractivity contribution in [1.82, 2.24) is 0 Å². The molecule has 0 bridgehead atoms. The number of hydrogen-bond donors (Lipinski definition) is 1. The number of anilines is 1. The van der Waals surface area contributed by atoms with Crippen LogP contribution in [0.5, 0.6) is 0 Å². The Morgan fingerprint density at radius 1 is 0.909 bits per heavy atom. The summed E-state index contributed by atoms with van der Waals surface area (Å²) in [5.41, 5.74) is 2.62. The van der Waals surface area contributed by atoms with E-state index in [9.17, 15) is 9.59 Å². The fraction of sp³-hybridized carbons (Fsp3) is 0.222. The maximum absolute atomic E-state index is 12.7. The molecule has 0 saturated heterocycles. The smallest absolute Gasteiger partial charge is 0.196 e. The third kappa shape index (κ3) is 2.42. The minimum Gasteiger partial charge on any atom is -0.385 e. The molecule has 0 amide bonds. The summed E-state index contributed by atoms with van der Waals surface area (Å²) in [6, 6.07) is 12.3. The van der Waals surface area contributed by atoms with Gasteiger partial charge in [0.05, 0.1) is 5.56 Å². The standard InChI is InChI=1S/C18H17NO3/c1-22-11-5-10-19-15-9-4-8-14-16(15)18(21)13-7-3-2-6-12(13)17(14)20/h2-4,6-9,19H,5,10-11H2,1H3. The highest BCUT2D eigenvalue weighted by molar-refractivity contribution is 6.30. The zero-order valence-corrected chi connectivity index (χ0v) is 12.4. The molecule has 1 aliphatic rings. The van der Waals surface area contributed by atoms with E-state index in [2.05, 4.69) is 5.32 Å². The summed E-state index contributed by atoms with van der Waals surface area (Å²) in [5.74, 6) is -0.189. The summed E-state index contributed by atoms with van der Waals surface area (Å²) >= 11 is 0. The van der Waals surface area contributed by atoms with Crippen molar-refractivity contribution in [2.45, 2.75) is 6.42 Å². The lowest BCUT2D eigenvalue weighted by Gasteiger charge is -2.20. The van der Waals surface area contributed by atoms with E-state index in [1.165, 1.54) is 0 Å². The second-order valence-electron chi connectivity index (χ2n) is 5.21. The number of carbonyl (C=O) groups is 2. The number of methoxy groups -OCH3 is 1. The monoisotopic (exact) mass is 295 g/mol. The molecule has 4 nitrogen and oxygen atoms in total. The van der Waals surface area contributed by atoms with E-state index in [4.69, 9.17) is 4.74 Å². The second kappa shape index (κ2) is 6.12. The number of hydrogen-bond acceptors (Lipinski definition) is 4. The first kappa shape index (κ1) is 14.5. The van der Waals surface area contributed by atoms with Gasteiger partial charge in [0.15, 0.2) is 11.6 Å². The van der Waals surface area contributed by atoms with Gasteiger partial charge in [0.25, 0.3) is 0 Å². The van der Waals surface area contributed by atoms with Crippen LogP contribution in [0.3, 0.4) is 0 Å². The zero-order chi connectivity index (χ0) is 15.5. The highest BCUT2D eigenvalue weighted by Gasteiger charge is 2.31. The van der Waals surface area contributed by atoms with Crippen LogP contribution in [0.4, 0.5) is 5.69 Å². The molecule has 0 saturated carbocycles. The molecule has 2 aromatic carbocycles. The fourth-order valence-electron chi connectivity index (χ4n) is 2.73. The van der Waals surface area contributed by atoms with Crippen molar-refractivity contribution in [3.8, 4) is 0 Å². The Balaban J connectivity index is 1.98. The van der Waals surface area contributed by atoms with E-state index in [1.807, 2.05) is 6.07 Å². The van der Waals surface area contributed by atoms with Crippen LogP contribution in [0.1, 0.15) is 38.3 Å². The summed E-state index contributed by atoms with van der Waals surface area (Å²) in [6.07, 6.45) is 0.832. The molecule has 3 rings (SSSR count). The van der Waals surface area contributed by atoms with Gasteiger partial charge in [0, 0.05) is 42.6 Å². The van der Waals surface area contributed by atoms with Crippen molar-refractivity contribution in [3.63, 3.8) is 0 Å². The quantitative estimate of drug-likeness (QED) is 0.735. The highest BCUT2D eigenvalue weighted by Crippen LogP contribution is 2.31. The third-order valence-electron chi connectivity index (χ3n) is 3.79. The first-order chi connectivity index (χ1) is 10.7. The fourth-order valence-corrected chi connectivity index (χ4v) is 2.73. The van der Waals surface area contributed by atoms with Crippen molar-refractivity contribution >= 4 is 17.3 Å². The molecule has 1 N–H and O–H groups in total. The van der Waals surface area contributed by atoms with Crippen LogP contribution in [0.15, 0.2) is 42.5 Å². The van der Waals surface area contributed by atoms with E-state index in [-0.39, 0.29) is 11.6 Å². The highest BCUT2D eigenvalue weighted by atomic mass is 16.5. The second-order valence-corrected chi connectivity index (χ2v) is 5.21. The molecule has 4 heteroatoms. The Hall–Kier alpha value is -2.46. The van der Waals surface area contributed by atoms with E-state index in [0.717, 1.165) is 6.42 Å². The van der Waals surface area contributed by atoms with Crippen molar-refractivity contribution in [1.29, 1.82) is 0 Å². The lowest BCUT2D eigenvalue weighted by atomic mass is 9.83. The number of ether oxygens (including phenoxy) is 1. The third-order valence-corrected chi connectivity index (χ3v) is 3.79. The minimum absolute atomic E-state index is 0.0919. The largest absolute Gasteiger partial charge is 0.385 e. The van der Waals surface area contributed by atoms with Crippen LogP contribution in [0, 0.1) is 0 Å². The molecule has 112 valence electrons. The summed E-state index contributed by atoms with van der Waals surface area (Å²) in [6.45, 7) is 1.34. The van der Waals surface area contributed by atoms with E-state index in [1.54, 1.807) is 43.5 Å². The van der Waals surface area contributed by atoms with Gasteiger partial charge < -0.3 is 10.1 Å². The maximum atomic E-state index is 12.7. The lowest BCUT2D eigenvalue weighted by Crippen LogP contribution is -2.22. The Kier molecular flexibility index (Phi) is 4.02. The lowest BCUT2D eigenvalue weighted by molar-refractivity contribution is 0.0979. The van der Waals surface area contributed by atoms with Gasteiger partial charge in [0.2, 0.25) is 0 Å². The molecule has 0 atom stereocenters. The first-order valence-electron chi connectivity index (χ1n) is 7.28. The predicted molar refractivity (Wildman–Crippen MR) is 84.7 cm³/mol. The molecular formula is C18H17NO3. The van der Waals surface area contributed by atoms with Crippen molar-refractivity contribution < 1.29 is 14.3 Å². The van der Waals surface area contributed by atoms with Crippen molar-refractivity contribution in [3.05, 3.63) is 64.7 Å². The van der Waals surface area contributed by atoms with Gasteiger partial charge in [-0.25, -0.2) is 0 Å². The van der Waals surface area contributed by atoms with Crippen molar-refractivity contribution in [2.24, 2.45) is 0 Å². The Morgan fingerprint density at radius 3 is 2.32 bits per heavy atom. The van der Waals surface area contributed by atoms with E-state index in [0.29, 0.717) is 41.1 Å². The summed E-state index contributed by atoms with van der Waals surface area (Å²) in [4.78, 5) is 25.3. The number of carbonyl (C=O) groups excluding carboxylic acids is 2. The maximum Gasteiger partial charge on any atom is 0.196 e. The number of nitrogens with one attached hydrogen (secondary N) is 1. The molecule has 22 heavy (non-hydrogen) atoms. The Labute approximate surface area is 129 Å². The van der Waals surface area contributed by atoms with Gasteiger partial charge in [0.1, 0.15) is 0 Å². The van der Waals surface area contributed by atoms with Crippen LogP contribution >= 0.6 is 0 Å². The molecular weight excluding hydrogens is 278 g/mol. The molecule has 0 spiro atoms. The van der Waals surface area contributed by atoms with E-state index < -0.39 is 0 Å². The summed E-state index contributed by atoms with van der Waals surface area (Å²) in [5, 5.41) is 3.24. The van der Waals surface area contributed by atoms with Gasteiger partial charge in [-0.15, -0.1) is 0 Å². The minimum atomic E-state index is -0.0972. The molecule has 0 radical (unpaired) electrons. The Morgan fingerprint density at radius 2 is 1.59 bits per heavy atom. The zero-order valence-electron chi connectivity index (χ0n) is 12.4. The van der Waals surface area contributed by atoms with Gasteiger partial charge >= 0.3 is 0 Å². The Bertz CT molecular complexity index is 737. The molecule has 0 aromatic heterocycles. The van der Waals surface area contributed by atoms with Crippen LogP contribution in [0.2, 0.25) is 0 Å². The van der Waals surface area contributed by atoms with Gasteiger partial charge in [-0.1, -0.05) is 36.4 Å². The van der Waals surface area contributed by atoms with Crippen LogP contribution in [-0.4, -0.2) is 31.8 Å². The van der Waals surface area contributed by atoms with Crippen LogP contribution in [0.25, 0.3) is 0 Å². The first-order valence-corrected chi connectivity index (χ1v) is 7.28. The van der Waals surface area contributed by atoms with Crippen molar-refractivity contribution in [2.75, 3.05) is 25.6 Å². The molecule has 0 heterocycles. The van der Waals surface area contributed by atoms with Crippen LogP contribution in [-0.2, 0) is 4.74 Å². The van der Waals surface area contributed by atoms with Gasteiger partial charge in [-0.3, -0.25) is 9.59 Å². The number of benzene rings is 2. The molecule has 2 aromatic rings. The number of fused-ring (bicyclic) bond motifs is 2. The number of ketones is 2. The normalized spacial score (nSPS) is 12.8. The molecule has 0 fully saturated rings. The molecule has 0 aliphatic heterocycles. The molecule has 0 unspecified atom stereocenters. The van der Waals surface area contributed by atoms with Gasteiger partial charge in [-0.05, 0) is 12.5 Å².